The lowest BCUT2D eigenvalue weighted by Gasteiger charge is -2.18. The molecule has 78 valence electrons. The summed E-state index contributed by atoms with van der Waals surface area (Å²) in [5.41, 5.74) is 0. The fraction of sp³-hybridized carbons (Fsp3) is 0.875. The first-order chi connectivity index (χ1) is 6.83. The van der Waals surface area contributed by atoms with Crippen LogP contribution in [0.2, 0.25) is 0 Å². The highest BCUT2D eigenvalue weighted by Crippen LogP contribution is 2.37. The topological polar surface area (TPSA) is 46.5 Å². The molecule has 2 rings (SSSR count). The lowest BCUT2D eigenvalue weighted by molar-refractivity contribution is 0.457. The number of hydrogen-bond donors (Lipinski definition) is 1. The Labute approximate surface area is 92.4 Å². The van der Waals surface area contributed by atoms with Gasteiger partial charge in [-0.3, -0.25) is 0 Å². The number of nitrogens with zero attached hydrogens (tertiary/aromatic N) is 3. The lowest BCUT2D eigenvalue weighted by Crippen LogP contribution is -2.17. The molecule has 2 unspecified atom stereocenters. The Morgan fingerprint density at radius 2 is 2.50 bits per heavy atom. The molecule has 6 heteroatoms. The molecule has 0 spiro atoms. The van der Waals surface area contributed by atoms with Crippen LogP contribution in [0.3, 0.4) is 0 Å². The molecule has 0 aliphatic heterocycles. The first-order valence-electron chi connectivity index (χ1n) is 4.94. The monoisotopic (exact) mass is 230 g/mol. The molecule has 1 N–H and O–H groups in total. The molecule has 4 nitrogen and oxygen atoms in total. The molecule has 1 aromatic rings. The number of hydrogen-bond acceptors (Lipinski definition) is 4. The Balaban J connectivity index is 2.17. The van der Waals surface area contributed by atoms with Crippen molar-refractivity contribution in [2.24, 2.45) is 0 Å². The predicted molar refractivity (Wildman–Crippen MR) is 60.0 cm³/mol. The van der Waals surface area contributed by atoms with Gasteiger partial charge in [-0.25, -0.2) is 4.68 Å². The van der Waals surface area contributed by atoms with Crippen molar-refractivity contribution in [3.63, 3.8) is 0 Å². The number of H-pyrrole nitrogens is 1. The van der Waals surface area contributed by atoms with E-state index in [0.717, 1.165) is 5.75 Å². The SMILES string of the molecule is CCSC1CCCC1n1[nH]nnc1=S. The molecule has 0 aromatic carbocycles. The van der Waals surface area contributed by atoms with Crippen LogP contribution in [0.4, 0.5) is 0 Å². The van der Waals surface area contributed by atoms with Crippen LogP contribution in [-0.2, 0) is 0 Å². The minimum atomic E-state index is 0.474. The van der Waals surface area contributed by atoms with Gasteiger partial charge in [0.1, 0.15) is 0 Å². The third kappa shape index (κ3) is 1.86. The zero-order valence-electron chi connectivity index (χ0n) is 8.14. The molecule has 0 bridgehead atoms. The summed E-state index contributed by atoms with van der Waals surface area (Å²) in [6.07, 6.45) is 3.75. The van der Waals surface area contributed by atoms with Gasteiger partial charge >= 0.3 is 0 Å². The predicted octanol–water partition coefficient (Wildman–Crippen LogP) is 2.18. The van der Waals surface area contributed by atoms with E-state index in [1.165, 1.54) is 19.3 Å². The molecule has 1 heterocycles. The highest BCUT2D eigenvalue weighted by molar-refractivity contribution is 7.99. The molecule has 1 fully saturated rings. The smallest absolute Gasteiger partial charge is 0.238 e. The number of thioether (sulfide) groups is 1. The van der Waals surface area contributed by atoms with Gasteiger partial charge < -0.3 is 0 Å². The van der Waals surface area contributed by atoms with Crippen LogP contribution in [0.1, 0.15) is 32.2 Å². The Morgan fingerprint density at radius 3 is 3.14 bits per heavy atom. The quantitative estimate of drug-likeness (QED) is 0.809. The molecule has 14 heavy (non-hydrogen) atoms. The maximum absolute atomic E-state index is 5.11. The van der Waals surface area contributed by atoms with E-state index >= 15 is 0 Å². The lowest BCUT2D eigenvalue weighted by atomic mass is 10.2. The van der Waals surface area contributed by atoms with E-state index in [2.05, 4.69) is 22.4 Å². The minimum Gasteiger partial charge on any atom is -0.238 e. The molecule has 0 radical (unpaired) electrons. The molecular weight excluding hydrogens is 216 g/mol. The fourth-order valence-corrected chi connectivity index (χ4v) is 3.49. The third-order valence-corrected chi connectivity index (χ3v) is 4.21. The Kier molecular flexibility index (Phi) is 3.22. The van der Waals surface area contributed by atoms with Crippen molar-refractivity contribution in [1.82, 2.24) is 20.2 Å². The van der Waals surface area contributed by atoms with Gasteiger partial charge in [0, 0.05) is 5.25 Å². The maximum Gasteiger partial charge on any atom is 0.238 e. The number of rotatable bonds is 3. The van der Waals surface area contributed by atoms with E-state index in [9.17, 15) is 0 Å². The van der Waals surface area contributed by atoms with Crippen LogP contribution in [-0.4, -0.2) is 31.2 Å². The van der Waals surface area contributed by atoms with Gasteiger partial charge in [-0.2, -0.15) is 17.0 Å². The van der Waals surface area contributed by atoms with Crippen LogP contribution >= 0.6 is 24.0 Å². The van der Waals surface area contributed by atoms with Gasteiger partial charge in [0.25, 0.3) is 0 Å². The van der Waals surface area contributed by atoms with Crippen LogP contribution in [0.5, 0.6) is 0 Å². The molecule has 1 aliphatic carbocycles. The molecule has 1 aliphatic rings. The third-order valence-electron chi connectivity index (χ3n) is 2.62. The van der Waals surface area contributed by atoms with Crippen LogP contribution in [0.15, 0.2) is 0 Å². The van der Waals surface area contributed by atoms with Crippen LogP contribution in [0.25, 0.3) is 0 Å². The number of aromatic nitrogens is 4. The minimum absolute atomic E-state index is 0.474. The molecule has 2 atom stereocenters. The van der Waals surface area contributed by atoms with E-state index in [0.29, 0.717) is 16.1 Å². The van der Waals surface area contributed by atoms with Gasteiger partial charge in [0.15, 0.2) is 0 Å². The highest BCUT2D eigenvalue weighted by atomic mass is 32.2. The summed E-state index contributed by atoms with van der Waals surface area (Å²) >= 11 is 7.12. The molecule has 0 amide bonds. The Morgan fingerprint density at radius 1 is 1.64 bits per heavy atom. The summed E-state index contributed by atoms with van der Waals surface area (Å²) in [6, 6.07) is 0.474. The van der Waals surface area contributed by atoms with Gasteiger partial charge in [-0.05, 0) is 30.8 Å². The van der Waals surface area contributed by atoms with E-state index in [-0.39, 0.29) is 0 Å². The van der Waals surface area contributed by atoms with Crippen molar-refractivity contribution in [2.45, 2.75) is 37.5 Å². The molecule has 1 aromatic heterocycles. The number of aromatic amines is 1. The second kappa shape index (κ2) is 4.44. The summed E-state index contributed by atoms with van der Waals surface area (Å²) in [5, 5.41) is 11.1. The molecule has 0 saturated heterocycles. The van der Waals surface area contributed by atoms with Crippen LogP contribution < -0.4 is 0 Å². The van der Waals surface area contributed by atoms with Crippen molar-refractivity contribution in [2.75, 3.05) is 5.75 Å². The van der Waals surface area contributed by atoms with Crippen molar-refractivity contribution >= 4 is 24.0 Å². The standard InChI is InChI=1S/C8H14N4S2/c1-2-14-7-5-3-4-6(7)12-8(13)9-10-11-12/h6-7H,2-5H2,1H3,(H,9,11,13). The average molecular weight is 230 g/mol. The van der Waals surface area contributed by atoms with Crippen molar-refractivity contribution < 1.29 is 0 Å². The largest absolute Gasteiger partial charge is 0.238 e. The van der Waals surface area contributed by atoms with E-state index < -0.39 is 0 Å². The summed E-state index contributed by atoms with van der Waals surface area (Å²) in [4.78, 5) is 0. The van der Waals surface area contributed by atoms with Gasteiger partial charge in [0.2, 0.25) is 4.77 Å². The van der Waals surface area contributed by atoms with Crippen LogP contribution in [0, 0.1) is 4.77 Å². The Hall–Kier alpha value is -0.360. The van der Waals surface area contributed by atoms with Gasteiger partial charge in [-0.1, -0.05) is 23.7 Å². The number of nitrogens with one attached hydrogen (secondary N) is 1. The average Bonchev–Trinajstić information content (AvgIpc) is 2.74. The van der Waals surface area contributed by atoms with Crippen molar-refractivity contribution in [3.8, 4) is 0 Å². The zero-order chi connectivity index (χ0) is 9.97. The highest BCUT2D eigenvalue weighted by Gasteiger charge is 2.29. The first-order valence-corrected chi connectivity index (χ1v) is 6.40. The van der Waals surface area contributed by atoms with Gasteiger partial charge in [-0.15, -0.1) is 0 Å². The maximum atomic E-state index is 5.11. The zero-order valence-corrected chi connectivity index (χ0v) is 9.77. The first kappa shape index (κ1) is 10.2. The van der Waals surface area contributed by atoms with Gasteiger partial charge in [0.05, 0.1) is 6.04 Å². The fourth-order valence-electron chi connectivity index (χ4n) is 2.03. The van der Waals surface area contributed by atoms with Crippen molar-refractivity contribution in [1.29, 1.82) is 0 Å². The second-order valence-electron chi connectivity index (χ2n) is 3.44. The van der Waals surface area contributed by atoms with E-state index in [4.69, 9.17) is 12.2 Å². The summed E-state index contributed by atoms with van der Waals surface area (Å²) in [5.74, 6) is 1.16. The normalized spacial score (nSPS) is 26.9. The molecule has 1 saturated carbocycles. The molecular formula is C8H14N4S2. The summed E-state index contributed by atoms with van der Waals surface area (Å²) in [6.45, 7) is 2.20. The van der Waals surface area contributed by atoms with Crippen molar-refractivity contribution in [3.05, 3.63) is 4.77 Å². The second-order valence-corrected chi connectivity index (χ2v) is 5.33. The summed E-state index contributed by atoms with van der Waals surface area (Å²) < 4.78 is 2.52. The van der Waals surface area contributed by atoms with E-state index in [1.807, 2.05) is 16.4 Å². The van der Waals surface area contributed by atoms with E-state index in [1.54, 1.807) is 0 Å². The Bertz CT molecular complexity index is 345. The summed E-state index contributed by atoms with van der Waals surface area (Å²) in [7, 11) is 0. The number of tetrazole rings is 1.